The van der Waals surface area contributed by atoms with Gasteiger partial charge in [-0.25, -0.2) is 0 Å². The number of hydrogen-bond acceptors (Lipinski definition) is 4. The average molecular weight is 231 g/mol. The lowest BCUT2D eigenvalue weighted by atomic mass is 10.1. The van der Waals surface area contributed by atoms with E-state index in [0.717, 1.165) is 30.0 Å². The summed E-state index contributed by atoms with van der Waals surface area (Å²) >= 11 is 0. The SMILES string of the molecule is CCc1cc(C(N)c2cnccn2)n(CC)n1. The lowest BCUT2D eigenvalue weighted by molar-refractivity contribution is 0.590. The molecular formula is C12H17N5. The molecule has 5 heteroatoms. The molecule has 2 N–H and O–H groups in total. The molecule has 0 saturated carbocycles. The highest BCUT2D eigenvalue weighted by molar-refractivity contribution is 5.22. The van der Waals surface area contributed by atoms with Gasteiger partial charge in [0.2, 0.25) is 0 Å². The molecule has 2 aromatic rings. The van der Waals surface area contributed by atoms with E-state index in [9.17, 15) is 0 Å². The zero-order valence-corrected chi connectivity index (χ0v) is 10.2. The molecule has 90 valence electrons. The van der Waals surface area contributed by atoms with Crippen LogP contribution in [0.1, 0.15) is 37.0 Å². The van der Waals surface area contributed by atoms with E-state index >= 15 is 0 Å². The molecule has 0 fully saturated rings. The summed E-state index contributed by atoms with van der Waals surface area (Å²) in [6.07, 6.45) is 5.91. The van der Waals surface area contributed by atoms with Crippen molar-refractivity contribution in [2.24, 2.45) is 5.73 Å². The lowest BCUT2D eigenvalue weighted by Gasteiger charge is -2.11. The van der Waals surface area contributed by atoms with Crippen LogP contribution in [0.4, 0.5) is 0 Å². The highest BCUT2D eigenvalue weighted by atomic mass is 15.3. The summed E-state index contributed by atoms with van der Waals surface area (Å²) in [4.78, 5) is 8.28. The van der Waals surface area contributed by atoms with Gasteiger partial charge in [-0.3, -0.25) is 14.6 Å². The van der Waals surface area contributed by atoms with Crippen molar-refractivity contribution in [3.05, 3.63) is 41.7 Å². The molecule has 0 amide bonds. The summed E-state index contributed by atoms with van der Waals surface area (Å²) in [5.74, 6) is 0. The van der Waals surface area contributed by atoms with Crippen molar-refractivity contribution < 1.29 is 0 Å². The second kappa shape index (κ2) is 5.05. The molecule has 1 unspecified atom stereocenters. The highest BCUT2D eigenvalue weighted by Crippen LogP contribution is 2.18. The maximum atomic E-state index is 6.20. The fourth-order valence-corrected chi connectivity index (χ4v) is 1.79. The van der Waals surface area contributed by atoms with Crippen molar-refractivity contribution in [1.82, 2.24) is 19.7 Å². The van der Waals surface area contributed by atoms with Crippen LogP contribution >= 0.6 is 0 Å². The number of nitrogens with zero attached hydrogens (tertiary/aromatic N) is 4. The van der Waals surface area contributed by atoms with Crippen LogP contribution in [0.15, 0.2) is 24.7 Å². The second-order valence-electron chi connectivity index (χ2n) is 3.84. The van der Waals surface area contributed by atoms with E-state index in [-0.39, 0.29) is 6.04 Å². The molecule has 0 aliphatic heterocycles. The predicted octanol–water partition coefficient (Wildman–Crippen LogP) is 1.30. The van der Waals surface area contributed by atoms with Gasteiger partial charge < -0.3 is 5.73 Å². The monoisotopic (exact) mass is 231 g/mol. The Morgan fingerprint density at radius 3 is 2.76 bits per heavy atom. The predicted molar refractivity (Wildman–Crippen MR) is 65.3 cm³/mol. The van der Waals surface area contributed by atoms with Gasteiger partial charge in [0.15, 0.2) is 0 Å². The number of rotatable bonds is 4. The van der Waals surface area contributed by atoms with Gasteiger partial charge in [0.05, 0.1) is 29.3 Å². The fourth-order valence-electron chi connectivity index (χ4n) is 1.79. The van der Waals surface area contributed by atoms with Gasteiger partial charge >= 0.3 is 0 Å². The molecule has 17 heavy (non-hydrogen) atoms. The van der Waals surface area contributed by atoms with Gasteiger partial charge in [0.1, 0.15) is 0 Å². The Morgan fingerprint density at radius 2 is 2.18 bits per heavy atom. The molecule has 2 aromatic heterocycles. The third kappa shape index (κ3) is 2.34. The fraction of sp³-hybridized carbons (Fsp3) is 0.417. The Labute approximate surface area is 101 Å². The Morgan fingerprint density at radius 1 is 1.35 bits per heavy atom. The summed E-state index contributed by atoms with van der Waals surface area (Å²) in [5.41, 5.74) is 9.01. The molecule has 0 spiro atoms. The van der Waals surface area contributed by atoms with Crippen molar-refractivity contribution in [2.75, 3.05) is 0 Å². The minimum absolute atomic E-state index is 0.267. The van der Waals surface area contributed by atoms with Crippen LogP contribution in [0.2, 0.25) is 0 Å². The van der Waals surface area contributed by atoms with Crippen molar-refractivity contribution >= 4 is 0 Å². The van der Waals surface area contributed by atoms with E-state index in [1.54, 1.807) is 18.6 Å². The zero-order chi connectivity index (χ0) is 12.3. The van der Waals surface area contributed by atoms with Crippen LogP contribution in [0, 0.1) is 0 Å². The van der Waals surface area contributed by atoms with Crippen LogP contribution < -0.4 is 5.73 Å². The van der Waals surface area contributed by atoms with E-state index in [0.29, 0.717) is 0 Å². The van der Waals surface area contributed by atoms with Crippen LogP contribution in [0.25, 0.3) is 0 Å². The van der Waals surface area contributed by atoms with Gasteiger partial charge in [-0.2, -0.15) is 5.10 Å². The Balaban J connectivity index is 2.36. The van der Waals surface area contributed by atoms with E-state index in [1.165, 1.54) is 0 Å². The number of hydrogen-bond donors (Lipinski definition) is 1. The van der Waals surface area contributed by atoms with Gasteiger partial charge in [-0.1, -0.05) is 6.92 Å². The molecule has 5 nitrogen and oxygen atoms in total. The molecule has 2 heterocycles. The number of aryl methyl sites for hydroxylation is 2. The lowest BCUT2D eigenvalue weighted by Crippen LogP contribution is -2.18. The maximum Gasteiger partial charge on any atom is 0.0912 e. The zero-order valence-electron chi connectivity index (χ0n) is 10.2. The standard InChI is InChI=1S/C12H17N5/c1-3-9-7-11(17(4-2)16-9)12(13)10-8-14-5-6-15-10/h5-8,12H,3-4,13H2,1-2H3. The largest absolute Gasteiger partial charge is 0.318 e. The van der Waals surface area contributed by atoms with Crippen LogP contribution in [0.3, 0.4) is 0 Å². The van der Waals surface area contributed by atoms with Crippen LogP contribution in [-0.2, 0) is 13.0 Å². The first-order valence-electron chi connectivity index (χ1n) is 5.84. The topological polar surface area (TPSA) is 69.6 Å². The molecule has 0 aliphatic rings. The quantitative estimate of drug-likeness (QED) is 0.861. The van der Waals surface area contributed by atoms with Crippen LogP contribution in [0.5, 0.6) is 0 Å². The average Bonchev–Trinajstić information content (AvgIpc) is 2.82. The van der Waals surface area contributed by atoms with Crippen molar-refractivity contribution in [3.63, 3.8) is 0 Å². The molecule has 0 aliphatic carbocycles. The van der Waals surface area contributed by atoms with Crippen molar-refractivity contribution in [1.29, 1.82) is 0 Å². The third-order valence-electron chi connectivity index (χ3n) is 2.74. The van der Waals surface area contributed by atoms with E-state index in [2.05, 4.69) is 28.9 Å². The van der Waals surface area contributed by atoms with Gasteiger partial charge in [0, 0.05) is 18.9 Å². The summed E-state index contributed by atoms with van der Waals surface area (Å²) in [6, 6.07) is 1.78. The molecule has 0 saturated heterocycles. The second-order valence-corrected chi connectivity index (χ2v) is 3.84. The Hall–Kier alpha value is -1.75. The first-order valence-corrected chi connectivity index (χ1v) is 5.84. The van der Waals surface area contributed by atoms with E-state index < -0.39 is 0 Å². The molecular weight excluding hydrogens is 214 g/mol. The number of nitrogens with two attached hydrogens (primary N) is 1. The molecule has 1 atom stereocenters. The molecule has 0 aromatic carbocycles. The minimum atomic E-state index is -0.267. The smallest absolute Gasteiger partial charge is 0.0912 e. The van der Waals surface area contributed by atoms with Gasteiger partial charge in [0.25, 0.3) is 0 Å². The summed E-state index contributed by atoms with van der Waals surface area (Å²) in [6.45, 7) is 4.95. The Kier molecular flexibility index (Phi) is 3.49. The van der Waals surface area contributed by atoms with Gasteiger partial charge in [-0.15, -0.1) is 0 Å². The summed E-state index contributed by atoms with van der Waals surface area (Å²) in [5, 5.41) is 4.48. The van der Waals surface area contributed by atoms with Crippen LogP contribution in [-0.4, -0.2) is 19.7 Å². The van der Waals surface area contributed by atoms with Crippen molar-refractivity contribution in [3.8, 4) is 0 Å². The summed E-state index contributed by atoms with van der Waals surface area (Å²) < 4.78 is 1.93. The van der Waals surface area contributed by atoms with Gasteiger partial charge in [-0.05, 0) is 19.4 Å². The highest BCUT2D eigenvalue weighted by Gasteiger charge is 2.16. The first kappa shape index (κ1) is 11.7. The first-order chi connectivity index (χ1) is 8.26. The maximum absolute atomic E-state index is 6.20. The third-order valence-corrected chi connectivity index (χ3v) is 2.74. The Bertz CT molecular complexity index is 477. The molecule has 0 bridgehead atoms. The molecule has 0 radical (unpaired) electrons. The van der Waals surface area contributed by atoms with E-state index in [4.69, 9.17) is 5.73 Å². The normalized spacial score (nSPS) is 12.6. The summed E-state index contributed by atoms with van der Waals surface area (Å²) in [7, 11) is 0. The molecule has 2 rings (SSSR count). The van der Waals surface area contributed by atoms with Crippen molar-refractivity contribution in [2.45, 2.75) is 32.9 Å². The minimum Gasteiger partial charge on any atom is -0.318 e. The number of aromatic nitrogens is 4. The van der Waals surface area contributed by atoms with E-state index in [1.807, 2.05) is 10.7 Å².